The Bertz CT molecular complexity index is 841. The molecule has 0 aliphatic rings. The molecule has 6 heteroatoms. The van der Waals surface area contributed by atoms with Gasteiger partial charge in [0.2, 0.25) is 5.91 Å². The Morgan fingerprint density at radius 1 is 1.17 bits per heavy atom. The second-order valence-corrected chi connectivity index (χ2v) is 5.09. The van der Waals surface area contributed by atoms with E-state index in [0.29, 0.717) is 12.4 Å². The number of rotatable bonds is 5. The van der Waals surface area contributed by atoms with Crippen molar-refractivity contribution >= 4 is 17.8 Å². The molecule has 1 N–H and O–H groups in total. The minimum atomic E-state index is -0.310. The van der Waals surface area contributed by atoms with Gasteiger partial charge < -0.3 is 5.32 Å². The van der Waals surface area contributed by atoms with Crippen molar-refractivity contribution in [3.63, 3.8) is 0 Å². The van der Waals surface area contributed by atoms with Crippen LogP contribution in [-0.2, 0) is 11.3 Å². The number of carbonyl (C=O) groups excluding carboxylic acids is 1. The summed E-state index contributed by atoms with van der Waals surface area (Å²) in [4.78, 5) is 16.1. The van der Waals surface area contributed by atoms with Crippen molar-refractivity contribution in [2.45, 2.75) is 6.54 Å². The lowest BCUT2D eigenvalue weighted by atomic mass is 10.2. The Labute approximate surface area is 138 Å². The van der Waals surface area contributed by atoms with Crippen LogP contribution in [0, 0.1) is 5.82 Å². The first-order chi connectivity index (χ1) is 11.7. The molecule has 5 nitrogen and oxygen atoms in total. The van der Waals surface area contributed by atoms with E-state index in [-0.39, 0.29) is 11.7 Å². The predicted molar refractivity (Wildman–Crippen MR) is 89.6 cm³/mol. The molecular formula is C18H15FN4O. The third kappa shape index (κ3) is 4.36. The Hall–Kier alpha value is -3.28. The Morgan fingerprint density at radius 2 is 2.00 bits per heavy atom. The van der Waals surface area contributed by atoms with Crippen LogP contribution in [-0.4, -0.2) is 20.7 Å². The third-order valence-electron chi connectivity index (χ3n) is 3.24. The van der Waals surface area contributed by atoms with Crippen LogP contribution in [0.2, 0.25) is 0 Å². The monoisotopic (exact) mass is 322 g/mol. The zero-order valence-corrected chi connectivity index (χ0v) is 12.8. The molecule has 2 aromatic heterocycles. The SMILES string of the molecule is O=C(C=Cc1ccc(F)cc1)Nc1ccn(Cc2ccccn2)n1. The normalized spacial score (nSPS) is 10.9. The third-order valence-corrected chi connectivity index (χ3v) is 3.24. The molecule has 0 radical (unpaired) electrons. The van der Waals surface area contributed by atoms with Gasteiger partial charge in [-0.05, 0) is 35.9 Å². The van der Waals surface area contributed by atoms with Crippen molar-refractivity contribution in [3.05, 3.63) is 84.1 Å². The van der Waals surface area contributed by atoms with Crippen molar-refractivity contribution in [1.82, 2.24) is 14.8 Å². The van der Waals surface area contributed by atoms with Gasteiger partial charge in [-0.15, -0.1) is 0 Å². The minimum absolute atomic E-state index is 0.303. The van der Waals surface area contributed by atoms with Gasteiger partial charge in [-0.1, -0.05) is 18.2 Å². The maximum absolute atomic E-state index is 12.8. The van der Waals surface area contributed by atoms with Crippen LogP contribution in [0.1, 0.15) is 11.3 Å². The largest absolute Gasteiger partial charge is 0.306 e. The molecule has 0 saturated heterocycles. The van der Waals surface area contributed by atoms with Crippen LogP contribution >= 0.6 is 0 Å². The Morgan fingerprint density at radius 3 is 2.75 bits per heavy atom. The molecule has 0 unspecified atom stereocenters. The van der Waals surface area contributed by atoms with Crippen LogP contribution in [0.5, 0.6) is 0 Å². The van der Waals surface area contributed by atoms with Gasteiger partial charge in [-0.2, -0.15) is 5.10 Å². The smallest absolute Gasteiger partial charge is 0.249 e. The number of nitrogens with one attached hydrogen (secondary N) is 1. The fourth-order valence-electron chi connectivity index (χ4n) is 2.09. The van der Waals surface area contributed by atoms with E-state index >= 15 is 0 Å². The second-order valence-electron chi connectivity index (χ2n) is 5.09. The summed E-state index contributed by atoms with van der Waals surface area (Å²) in [5.41, 5.74) is 1.63. The fraction of sp³-hybridized carbons (Fsp3) is 0.0556. The zero-order chi connectivity index (χ0) is 16.8. The van der Waals surface area contributed by atoms with E-state index in [1.807, 2.05) is 18.2 Å². The topological polar surface area (TPSA) is 59.8 Å². The Balaban J connectivity index is 1.58. The lowest BCUT2D eigenvalue weighted by molar-refractivity contribution is -0.111. The second kappa shape index (κ2) is 7.32. The minimum Gasteiger partial charge on any atom is -0.306 e. The summed E-state index contributed by atoms with van der Waals surface area (Å²) >= 11 is 0. The quantitative estimate of drug-likeness (QED) is 0.734. The highest BCUT2D eigenvalue weighted by molar-refractivity contribution is 6.01. The molecule has 0 atom stereocenters. The molecule has 0 aliphatic heterocycles. The first kappa shape index (κ1) is 15.6. The number of halogens is 1. The number of nitrogens with zero attached hydrogens (tertiary/aromatic N) is 3. The summed E-state index contributed by atoms with van der Waals surface area (Å²) in [6, 6.07) is 13.3. The fourth-order valence-corrected chi connectivity index (χ4v) is 2.09. The highest BCUT2D eigenvalue weighted by atomic mass is 19.1. The van der Waals surface area contributed by atoms with Gasteiger partial charge in [-0.25, -0.2) is 4.39 Å². The number of aromatic nitrogens is 3. The highest BCUT2D eigenvalue weighted by Gasteiger charge is 2.03. The van der Waals surface area contributed by atoms with Crippen LogP contribution in [0.25, 0.3) is 6.08 Å². The van der Waals surface area contributed by atoms with Crippen molar-refractivity contribution < 1.29 is 9.18 Å². The lowest BCUT2D eigenvalue weighted by Crippen LogP contribution is -2.09. The van der Waals surface area contributed by atoms with Crippen molar-refractivity contribution in [3.8, 4) is 0 Å². The molecule has 3 rings (SSSR count). The standard InChI is InChI=1S/C18H15FN4O/c19-15-7-4-14(5-8-15)6-9-18(24)21-17-10-12-23(22-17)13-16-3-1-2-11-20-16/h1-12H,13H2,(H,21,22,24). The average molecular weight is 322 g/mol. The zero-order valence-electron chi connectivity index (χ0n) is 12.8. The summed E-state index contributed by atoms with van der Waals surface area (Å²) in [6.07, 6.45) is 6.49. The number of hydrogen-bond acceptors (Lipinski definition) is 3. The molecule has 0 fully saturated rings. The molecule has 24 heavy (non-hydrogen) atoms. The lowest BCUT2D eigenvalue weighted by Gasteiger charge is -2.00. The molecule has 1 aromatic carbocycles. The molecule has 3 aromatic rings. The molecular weight excluding hydrogens is 307 g/mol. The molecule has 0 bridgehead atoms. The van der Waals surface area contributed by atoms with Crippen LogP contribution in [0.15, 0.2) is 67.0 Å². The van der Waals surface area contributed by atoms with E-state index in [9.17, 15) is 9.18 Å². The summed E-state index contributed by atoms with van der Waals surface area (Å²) in [7, 11) is 0. The Kier molecular flexibility index (Phi) is 4.76. The average Bonchev–Trinajstić information content (AvgIpc) is 3.02. The number of amides is 1. The number of pyridine rings is 1. The van der Waals surface area contributed by atoms with Crippen LogP contribution in [0.4, 0.5) is 10.2 Å². The van der Waals surface area contributed by atoms with Crippen molar-refractivity contribution in [2.24, 2.45) is 0 Å². The van der Waals surface area contributed by atoms with E-state index in [2.05, 4.69) is 15.4 Å². The summed E-state index contributed by atoms with van der Waals surface area (Å²) in [6.45, 7) is 0.530. The number of anilines is 1. The molecule has 1 amide bonds. The van der Waals surface area contributed by atoms with E-state index in [4.69, 9.17) is 0 Å². The summed E-state index contributed by atoms with van der Waals surface area (Å²) < 4.78 is 14.5. The van der Waals surface area contributed by atoms with Gasteiger partial charge in [0, 0.05) is 24.5 Å². The van der Waals surface area contributed by atoms with Gasteiger partial charge in [0.25, 0.3) is 0 Å². The number of benzene rings is 1. The molecule has 2 heterocycles. The maximum Gasteiger partial charge on any atom is 0.249 e. The maximum atomic E-state index is 12.8. The van der Waals surface area contributed by atoms with Gasteiger partial charge in [0.1, 0.15) is 5.82 Å². The van der Waals surface area contributed by atoms with E-state index in [0.717, 1.165) is 11.3 Å². The molecule has 120 valence electrons. The van der Waals surface area contributed by atoms with E-state index < -0.39 is 0 Å². The summed E-state index contributed by atoms with van der Waals surface area (Å²) in [5, 5.41) is 6.95. The van der Waals surface area contributed by atoms with Gasteiger partial charge in [-0.3, -0.25) is 14.5 Å². The molecule has 0 spiro atoms. The highest BCUT2D eigenvalue weighted by Crippen LogP contribution is 2.07. The first-order valence-corrected chi connectivity index (χ1v) is 7.37. The van der Waals surface area contributed by atoms with Crippen molar-refractivity contribution in [1.29, 1.82) is 0 Å². The molecule has 0 aliphatic carbocycles. The number of hydrogen-bond donors (Lipinski definition) is 1. The van der Waals surface area contributed by atoms with Gasteiger partial charge in [0.05, 0.1) is 12.2 Å². The number of carbonyl (C=O) groups is 1. The molecule has 0 saturated carbocycles. The van der Waals surface area contributed by atoms with Gasteiger partial charge in [0.15, 0.2) is 5.82 Å². The van der Waals surface area contributed by atoms with Gasteiger partial charge >= 0.3 is 0 Å². The van der Waals surface area contributed by atoms with Crippen LogP contribution < -0.4 is 5.32 Å². The van der Waals surface area contributed by atoms with Crippen LogP contribution in [0.3, 0.4) is 0 Å². The van der Waals surface area contributed by atoms with E-state index in [1.165, 1.54) is 18.2 Å². The predicted octanol–water partition coefficient (Wildman–Crippen LogP) is 3.12. The van der Waals surface area contributed by atoms with Crippen molar-refractivity contribution in [2.75, 3.05) is 5.32 Å². The first-order valence-electron chi connectivity index (χ1n) is 7.37. The summed E-state index contributed by atoms with van der Waals surface area (Å²) in [5.74, 6) is -0.155. The van der Waals surface area contributed by atoms with E-state index in [1.54, 1.807) is 41.4 Å².